The lowest BCUT2D eigenvalue weighted by Crippen LogP contribution is -2.42. The number of thiophene rings is 1. The van der Waals surface area contributed by atoms with Gasteiger partial charge in [-0.1, -0.05) is 13.0 Å². The van der Waals surface area contributed by atoms with Gasteiger partial charge in [0.2, 0.25) is 0 Å². The fraction of sp³-hybridized carbons (Fsp3) is 0.667. The summed E-state index contributed by atoms with van der Waals surface area (Å²) in [5, 5.41) is 11.5. The second kappa shape index (κ2) is 5.86. The predicted octanol–water partition coefficient (Wildman–Crippen LogP) is 4.07. The SMILES string of the molecule is CC1CCC(C#N)C(N(C)C(C)c2cccs2)C1. The van der Waals surface area contributed by atoms with Crippen molar-refractivity contribution >= 4 is 11.3 Å². The number of nitrogens with zero attached hydrogens (tertiary/aromatic N) is 2. The third kappa shape index (κ3) is 2.76. The van der Waals surface area contributed by atoms with Gasteiger partial charge in [0, 0.05) is 17.0 Å². The highest BCUT2D eigenvalue weighted by molar-refractivity contribution is 7.10. The van der Waals surface area contributed by atoms with Crippen LogP contribution in [0.25, 0.3) is 0 Å². The summed E-state index contributed by atoms with van der Waals surface area (Å²) in [6, 6.07) is 7.64. The van der Waals surface area contributed by atoms with Gasteiger partial charge in [-0.3, -0.25) is 4.90 Å². The normalized spacial score (nSPS) is 30.1. The van der Waals surface area contributed by atoms with Crippen LogP contribution in [0.2, 0.25) is 0 Å². The third-order valence-electron chi connectivity index (χ3n) is 4.33. The van der Waals surface area contributed by atoms with Crippen molar-refractivity contribution in [2.75, 3.05) is 7.05 Å². The first kappa shape index (κ1) is 13.6. The molecule has 1 saturated carbocycles. The van der Waals surface area contributed by atoms with Crippen LogP contribution >= 0.6 is 11.3 Å². The molecular weight excluding hydrogens is 240 g/mol. The maximum atomic E-state index is 9.33. The zero-order chi connectivity index (χ0) is 13.1. The molecule has 0 N–H and O–H groups in total. The zero-order valence-electron chi connectivity index (χ0n) is 11.5. The molecule has 0 amide bonds. The maximum Gasteiger partial charge on any atom is 0.0672 e. The molecule has 4 unspecified atom stereocenters. The Morgan fingerprint density at radius 3 is 2.89 bits per heavy atom. The van der Waals surface area contributed by atoms with Crippen LogP contribution in [0.1, 0.15) is 44.0 Å². The Kier molecular flexibility index (Phi) is 4.42. The number of rotatable bonds is 3. The molecule has 98 valence electrons. The van der Waals surface area contributed by atoms with Gasteiger partial charge in [0.25, 0.3) is 0 Å². The van der Waals surface area contributed by atoms with Gasteiger partial charge in [-0.25, -0.2) is 0 Å². The molecule has 1 heterocycles. The molecule has 18 heavy (non-hydrogen) atoms. The number of hydrogen-bond acceptors (Lipinski definition) is 3. The number of nitriles is 1. The Balaban J connectivity index is 2.11. The van der Waals surface area contributed by atoms with E-state index in [1.807, 2.05) is 11.3 Å². The van der Waals surface area contributed by atoms with E-state index in [4.69, 9.17) is 0 Å². The van der Waals surface area contributed by atoms with Crippen molar-refractivity contribution in [3.63, 3.8) is 0 Å². The lowest BCUT2D eigenvalue weighted by molar-refractivity contribution is 0.0989. The minimum absolute atomic E-state index is 0.202. The Labute approximate surface area is 114 Å². The highest BCUT2D eigenvalue weighted by Crippen LogP contribution is 2.35. The summed E-state index contributed by atoms with van der Waals surface area (Å²) < 4.78 is 0. The van der Waals surface area contributed by atoms with Crippen LogP contribution in [-0.2, 0) is 0 Å². The second-order valence-corrected chi connectivity index (χ2v) is 6.56. The average Bonchev–Trinajstić information content (AvgIpc) is 2.90. The molecule has 1 aliphatic carbocycles. The molecule has 0 saturated heterocycles. The van der Waals surface area contributed by atoms with Crippen molar-refractivity contribution in [1.29, 1.82) is 5.26 Å². The van der Waals surface area contributed by atoms with Gasteiger partial charge in [0.15, 0.2) is 0 Å². The van der Waals surface area contributed by atoms with Crippen molar-refractivity contribution in [2.24, 2.45) is 11.8 Å². The molecule has 2 nitrogen and oxygen atoms in total. The van der Waals surface area contributed by atoms with Gasteiger partial charge in [0.1, 0.15) is 0 Å². The van der Waals surface area contributed by atoms with Crippen molar-refractivity contribution in [1.82, 2.24) is 4.90 Å². The standard InChI is InChI=1S/C15H22N2S/c1-11-6-7-13(10-16)14(9-11)17(3)12(2)15-5-4-8-18-15/h4-5,8,11-14H,6-7,9H2,1-3H3. The van der Waals surface area contributed by atoms with E-state index in [2.05, 4.69) is 49.4 Å². The van der Waals surface area contributed by atoms with Crippen LogP contribution in [0, 0.1) is 23.2 Å². The van der Waals surface area contributed by atoms with Gasteiger partial charge in [-0.05, 0) is 50.6 Å². The summed E-state index contributed by atoms with van der Waals surface area (Å²) in [6.45, 7) is 4.56. The van der Waals surface area contributed by atoms with E-state index >= 15 is 0 Å². The molecule has 0 bridgehead atoms. The summed E-state index contributed by atoms with van der Waals surface area (Å²) in [7, 11) is 2.18. The van der Waals surface area contributed by atoms with E-state index in [1.54, 1.807) is 0 Å². The van der Waals surface area contributed by atoms with Gasteiger partial charge >= 0.3 is 0 Å². The summed E-state index contributed by atoms with van der Waals surface area (Å²) >= 11 is 1.81. The van der Waals surface area contributed by atoms with E-state index in [0.29, 0.717) is 12.1 Å². The summed E-state index contributed by atoms with van der Waals surface area (Å²) in [5.41, 5.74) is 0. The molecule has 4 atom stereocenters. The summed E-state index contributed by atoms with van der Waals surface area (Å²) in [4.78, 5) is 3.81. The van der Waals surface area contributed by atoms with E-state index < -0.39 is 0 Å². The first-order valence-corrected chi connectivity index (χ1v) is 7.66. The van der Waals surface area contributed by atoms with Crippen LogP contribution in [-0.4, -0.2) is 18.0 Å². The lowest BCUT2D eigenvalue weighted by atomic mass is 9.78. The Bertz CT molecular complexity index is 407. The first-order chi connectivity index (χ1) is 8.63. The fourth-order valence-corrected chi connectivity index (χ4v) is 3.80. The van der Waals surface area contributed by atoms with E-state index in [9.17, 15) is 5.26 Å². The molecule has 1 aromatic rings. The Morgan fingerprint density at radius 2 is 2.28 bits per heavy atom. The molecule has 1 aliphatic rings. The van der Waals surface area contributed by atoms with Crippen molar-refractivity contribution in [3.05, 3.63) is 22.4 Å². The second-order valence-electron chi connectivity index (χ2n) is 5.58. The lowest BCUT2D eigenvalue weighted by Gasteiger charge is -2.40. The van der Waals surface area contributed by atoms with Gasteiger partial charge in [-0.2, -0.15) is 5.26 Å². The highest BCUT2D eigenvalue weighted by Gasteiger charge is 2.33. The zero-order valence-corrected chi connectivity index (χ0v) is 12.3. The van der Waals surface area contributed by atoms with Crippen LogP contribution in [0.4, 0.5) is 0 Å². The molecule has 1 aromatic heterocycles. The van der Waals surface area contributed by atoms with Crippen molar-refractivity contribution in [2.45, 2.75) is 45.2 Å². The molecular formula is C15H22N2S. The molecule has 1 fully saturated rings. The minimum atomic E-state index is 0.202. The van der Waals surface area contributed by atoms with Crippen LogP contribution < -0.4 is 0 Å². The van der Waals surface area contributed by atoms with Gasteiger partial charge < -0.3 is 0 Å². The van der Waals surface area contributed by atoms with E-state index in [-0.39, 0.29) is 5.92 Å². The molecule has 2 rings (SSSR count). The molecule has 0 radical (unpaired) electrons. The largest absolute Gasteiger partial charge is 0.295 e. The highest BCUT2D eigenvalue weighted by atomic mass is 32.1. The Morgan fingerprint density at radius 1 is 1.50 bits per heavy atom. The maximum absolute atomic E-state index is 9.33. The van der Waals surface area contributed by atoms with Gasteiger partial charge in [-0.15, -0.1) is 11.3 Å². The van der Waals surface area contributed by atoms with Crippen LogP contribution in [0.3, 0.4) is 0 Å². The molecule has 0 aliphatic heterocycles. The quantitative estimate of drug-likeness (QED) is 0.821. The summed E-state index contributed by atoms with van der Waals surface area (Å²) in [6.07, 6.45) is 3.42. The first-order valence-electron chi connectivity index (χ1n) is 6.78. The molecule has 3 heteroatoms. The fourth-order valence-electron chi connectivity index (χ4n) is 2.97. The topological polar surface area (TPSA) is 27.0 Å². The minimum Gasteiger partial charge on any atom is -0.295 e. The van der Waals surface area contributed by atoms with Crippen molar-refractivity contribution in [3.8, 4) is 6.07 Å². The predicted molar refractivity (Wildman–Crippen MR) is 76.4 cm³/mol. The van der Waals surface area contributed by atoms with Crippen LogP contribution in [0.15, 0.2) is 17.5 Å². The van der Waals surface area contributed by atoms with E-state index in [0.717, 1.165) is 18.8 Å². The molecule has 0 spiro atoms. The summed E-state index contributed by atoms with van der Waals surface area (Å²) in [5.74, 6) is 0.950. The monoisotopic (exact) mass is 262 g/mol. The molecule has 0 aromatic carbocycles. The smallest absolute Gasteiger partial charge is 0.0672 e. The Hall–Kier alpha value is -0.850. The number of hydrogen-bond donors (Lipinski definition) is 0. The van der Waals surface area contributed by atoms with Crippen LogP contribution in [0.5, 0.6) is 0 Å². The van der Waals surface area contributed by atoms with Crippen molar-refractivity contribution < 1.29 is 0 Å². The third-order valence-corrected chi connectivity index (χ3v) is 5.38. The average molecular weight is 262 g/mol. The van der Waals surface area contributed by atoms with Gasteiger partial charge in [0.05, 0.1) is 12.0 Å². The van der Waals surface area contributed by atoms with E-state index in [1.165, 1.54) is 11.3 Å².